The molecule has 1 aromatic heterocycles. The van der Waals surface area contributed by atoms with E-state index in [1.54, 1.807) is 10.9 Å². The van der Waals surface area contributed by atoms with Gasteiger partial charge in [0.15, 0.2) is 0 Å². The van der Waals surface area contributed by atoms with Gasteiger partial charge in [0.25, 0.3) is 0 Å². The van der Waals surface area contributed by atoms with Gasteiger partial charge in [-0.3, -0.25) is 0 Å². The zero-order valence-corrected chi connectivity index (χ0v) is 11.1. The van der Waals surface area contributed by atoms with Gasteiger partial charge in [-0.2, -0.15) is 5.10 Å². The number of rotatable bonds is 2. The Bertz CT molecular complexity index is 522. The summed E-state index contributed by atoms with van der Waals surface area (Å²) in [5.74, 6) is 0.677. The fraction of sp³-hybridized carbons (Fsp3) is 0.182. The van der Waals surface area contributed by atoms with E-state index in [2.05, 4.69) is 21.0 Å². The summed E-state index contributed by atoms with van der Waals surface area (Å²) in [5.41, 5.74) is 7.85. The summed E-state index contributed by atoms with van der Waals surface area (Å²) in [6, 6.07) is 5.73. The average Bonchev–Trinajstić information content (AvgIpc) is 2.55. The predicted molar refractivity (Wildman–Crippen MR) is 69.6 cm³/mol. The quantitative estimate of drug-likeness (QED) is 0.925. The molecule has 2 N–H and O–H groups in total. The molecule has 3 nitrogen and oxygen atoms in total. The molecule has 0 bridgehead atoms. The Morgan fingerprint density at radius 3 is 2.88 bits per heavy atom. The van der Waals surface area contributed by atoms with Crippen LogP contribution in [0.5, 0.6) is 0 Å². The van der Waals surface area contributed by atoms with E-state index < -0.39 is 0 Å². The van der Waals surface area contributed by atoms with Crippen molar-refractivity contribution in [2.45, 2.75) is 13.5 Å². The van der Waals surface area contributed by atoms with Crippen molar-refractivity contribution in [1.29, 1.82) is 0 Å². The summed E-state index contributed by atoms with van der Waals surface area (Å²) in [7, 11) is 0. The summed E-state index contributed by atoms with van der Waals surface area (Å²) in [6.07, 6.45) is 1.75. The first kappa shape index (κ1) is 11.5. The van der Waals surface area contributed by atoms with Crippen molar-refractivity contribution < 1.29 is 0 Å². The third-order valence-corrected chi connectivity index (χ3v) is 3.26. The van der Waals surface area contributed by atoms with E-state index in [1.807, 2.05) is 25.1 Å². The van der Waals surface area contributed by atoms with Gasteiger partial charge in [-0.15, -0.1) is 0 Å². The van der Waals surface area contributed by atoms with Gasteiger partial charge in [0.05, 0.1) is 12.7 Å². The second-order valence-corrected chi connectivity index (χ2v) is 4.93. The number of halogens is 2. The second kappa shape index (κ2) is 4.47. The summed E-state index contributed by atoms with van der Waals surface area (Å²) in [4.78, 5) is 0. The Balaban J connectivity index is 2.33. The second-order valence-electron chi connectivity index (χ2n) is 3.61. The summed E-state index contributed by atoms with van der Waals surface area (Å²) >= 11 is 9.52. The monoisotopic (exact) mass is 299 g/mol. The molecule has 0 saturated carbocycles. The predicted octanol–water partition coefficient (Wildman–Crippen LogP) is 3.24. The van der Waals surface area contributed by atoms with Gasteiger partial charge < -0.3 is 5.73 Å². The van der Waals surface area contributed by atoms with Crippen LogP contribution >= 0.6 is 27.5 Å². The van der Waals surface area contributed by atoms with E-state index in [0.29, 0.717) is 12.4 Å². The van der Waals surface area contributed by atoms with E-state index in [1.165, 1.54) is 0 Å². The lowest BCUT2D eigenvalue weighted by Crippen LogP contribution is -2.06. The average molecular weight is 301 g/mol. The smallest absolute Gasteiger partial charge is 0.124 e. The highest BCUT2D eigenvalue weighted by Crippen LogP contribution is 2.22. The van der Waals surface area contributed by atoms with Gasteiger partial charge in [0.2, 0.25) is 0 Å². The number of anilines is 1. The lowest BCUT2D eigenvalue weighted by atomic mass is 10.2. The number of nitrogens with two attached hydrogens (primary N) is 1. The van der Waals surface area contributed by atoms with Gasteiger partial charge >= 0.3 is 0 Å². The Hall–Kier alpha value is -1.00. The van der Waals surface area contributed by atoms with Crippen LogP contribution in [0.1, 0.15) is 11.1 Å². The molecule has 0 aliphatic carbocycles. The fourth-order valence-electron chi connectivity index (χ4n) is 1.44. The minimum Gasteiger partial charge on any atom is -0.384 e. The standard InChI is InChI=1S/C11H11BrClN3/c1-7-5-15-16(11(7)14)6-8-4-9(12)2-3-10(8)13/h2-5H,6,14H2,1H3. The Kier molecular flexibility index (Phi) is 3.21. The van der Waals surface area contributed by atoms with Crippen LogP contribution in [0.2, 0.25) is 5.02 Å². The number of aryl methyl sites for hydroxylation is 1. The molecule has 84 valence electrons. The summed E-state index contributed by atoms with van der Waals surface area (Å²) in [5, 5.41) is 4.92. The highest BCUT2D eigenvalue weighted by molar-refractivity contribution is 9.10. The van der Waals surface area contributed by atoms with E-state index in [0.717, 1.165) is 20.6 Å². The molecule has 5 heteroatoms. The normalized spacial score (nSPS) is 10.7. The molecule has 0 radical (unpaired) electrons. The molecule has 1 aromatic carbocycles. The topological polar surface area (TPSA) is 43.8 Å². The van der Waals surface area contributed by atoms with E-state index in [-0.39, 0.29) is 0 Å². The maximum atomic E-state index is 6.10. The highest BCUT2D eigenvalue weighted by Gasteiger charge is 2.07. The maximum absolute atomic E-state index is 6.10. The molecular weight excluding hydrogens is 289 g/mol. The van der Waals surface area contributed by atoms with Gasteiger partial charge in [-0.25, -0.2) is 4.68 Å². The minimum atomic E-state index is 0.581. The fourth-order valence-corrected chi connectivity index (χ4v) is 2.03. The zero-order valence-electron chi connectivity index (χ0n) is 8.74. The van der Waals surface area contributed by atoms with Crippen molar-refractivity contribution >= 4 is 33.3 Å². The van der Waals surface area contributed by atoms with Crippen LogP contribution < -0.4 is 5.73 Å². The van der Waals surface area contributed by atoms with Gasteiger partial charge in [-0.05, 0) is 30.7 Å². The molecule has 0 fully saturated rings. The molecule has 0 aliphatic heterocycles. The van der Waals surface area contributed by atoms with Crippen LogP contribution in [0.4, 0.5) is 5.82 Å². The van der Waals surface area contributed by atoms with Crippen molar-refractivity contribution in [2.24, 2.45) is 0 Å². The molecule has 0 saturated heterocycles. The minimum absolute atomic E-state index is 0.581. The van der Waals surface area contributed by atoms with Crippen LogP contribution in [-0.2, 0) is 6.54 Å². The van der Waals surface area contributed by atoms with E-state index in [4.69, 9.17) is 17.3 Å². The van der Waals surface area contributed by atoms with Crippen LogP contribution in [0.3, 0.4) is 0 Å². The zero-order chi connectivity index (χ0) is 11.7. The van der Waals surface area contributed by atoms with Crippen molar-refractivity contribution in [3.05, 3.63) is 45.0 Å². The Morgan fingerprint density at radius 2 is 2.25 bits per heavy atom. The first-order valence-electron chi connectivity index (χ1n) is 4.79. The van der Waals surface area contributed by atoms with E-state index >= 15 is 0 Å². The van der Waals surface area contributed by atoms with Gasteiger partial charge in [-0.1, -0.05) is 27.5 Å². The summed E-state index contributed by atoms with van der Waals surface area (Å²) < 4.78 is 2.73. The first-order chi connectivity index (χ1) is 7.58. The molecule has 1 heterocycles. The number of aromatic nitrogens is 2. The number of hydrogen-bond donors (Lipinski definition) is 1. The lowest BCUT2D eigenvalue weighted by Gasteiger charge is -2.07. The SMILES string of the molecule is Cc1cnn(Cc2cc(Br)ccc2Cl)c1N. The molecule has 0 atom stereocenters. The third kappa shape index (κ3) is 2.23. The van der Waals surface area contributed by atoms with Crippen LogP contribution in [-0.4, -0.2) is 9.78 Å². The molecule has 2 aromatic rings. The molecule has 0 spiro atoms. The first-order valence-corrected chi connectivity index (χ1v) is 5.97. The molecule has 0 amide bonds. The van der Waals surface area contributed by atoms with Gasteiger partial charge in [0.1, 0.15) is 5.82 Å². The van der Waals surface area contributed by atoms with Crippen LogP contribution in [0, 0.1) is 6.92 Å². The van der Waals surface area contributed by atoms with Gasteiger partial charge in [0, 0.05) is 15.1 Å². The number of nitrogen functional groups attached to an aromatic ring is 1. The molecular formula is C11H11BrClN3. The number of hydrogen-bond acceptors (Lipinski definition) is 2. The highest BCUT2D eigenvalue weighted by atomic mass is 79.9. The summed E-state index contributed by atoms with van der Waals surface area (Å²) in [6.45, 7) is 2.51. The van der Waals surface area contributed by atoms with Crippen molar-refractivity contribution in [2.75, 3.05) is 5.73 Å². The Labute approximate surface area is 107 Å². The van der Waals surface area contributed by atoms with Crippen molar-refractivity contribution in [3.63, 3.8) is 0 Å². The van der Waals surface area contributed by atoms with Crippen molar-refractivity contribution in [1.82, 2.24) is 9.78 Å². The number of nitrogens with zero attached hydrogens (tertiary/aromatic N) is 2. The molecule has 0 aliphatic rings. The lowest BCUT2D eigenvalue weighted by molar-refractivity contribution is 0.697. The van der Waals surface area contributed by atoms with E-state index in [9.17, 15) is 0 Å². The molecule has 2 rings (SSSR count). The third-order valence-electron chi connectivity index (χ3n) is 2.40. The van der Waals surface area contributed by atoms with Crippen molar-refractivity contribution in [3.8, 4) is 0 Å². The largest absolute Gasteiger partial charge is 0.384 e. The number of benzene rings is 1. The molecule has 0 unspecified atom stereocenters. The van der Waals surface area contributed by atoms with Crippen LogP contribution in [0.25, 0.3) is 0 Å². The Morgan fingerprint density at radius 1 is 1.50 bits per heavy atom. The molecule has 16 heavy (non-hydrogen) atoms. The maximum Gasteiger partial charge on any atom is 0.124 e. The van der Waals surface area contributed by atoms with Crippen LogP contribution in [0.15, 0.2) is 28.9 Å².